The molecule has 0 spiro atoms. The first-order valence-electron chi connectivity index (χ1n) is 7.24. The molecule has 5 heteroatoms. The molecule has 1 aromatic heterocycles. The Kier molecular flexibility index (Phi) is 4.04. The lowest BCUT2D eigenvalue weighted by molar-refractivity contribution is 0.414. The summed E-state index contributed by atoms with van der Waals surface area (Å²) in [7, 11) is 1.54. The van der Waals surface area contributed by atoms with Crippen LogP contribution >= 0.6 is 0 Å². The van der Waals surface area contributed by atoms with Gasteiger partial charge in [-0.2, -0.15) is 5.26 Å². The summed E-state index contributed by atoms with van der Waals surface area (Å²) >= 11 is 0. The Bertz CT molecular complexity index is 968. The van der Waals surface area contributed by atoms with Crippen LogP contribution in [0.1, 0.15) is 5.56 Å². The zero-order valence-corrected chi connectivity index (χ0v) is 12.9. The lowest BCUT2D eigenvalue weighted by Gasteiger charge is -2.12. The summed E-state index contributed by atoms with van der Waals surface area (Å²) in [6.45, 7) is 0. The molecule has 0 aliphatic rings. The Balaban J connectivity index is 2.23. The number of methoxy groups -OCH3 is 1. The Labute approximate surface area is 138 Å². The molecule has 5 nitrogen and oxygen atoms in total. The quantitative estimate of drug-likeness (QED) is 0.805. The van der Waals surface area contributed by atoms with Gasteiger partial charge in [0.1, 0.15) is 17.4 Å². The normalized spacial score (nSPS) is 10.2. The van der Waals surface area contributed by atoms with Crippen LogP contribution in [-0.4, -0.2) is 16.8 Å². The zero-order valence-electron chi connectivity index (χ0n) is 12.9. The summed E-state index contributed by atoms with van der Waals surface area (Å²) in [6.07, 6.45) is 0. The second-order valence-corrected chi connectivity index (χ2v) is 5.11. The summed E-state index contributed by atoms with van der Waals surface area (Å²) < 4.78 is 6.19. The summed E-state index contributed by atoms with van der Waals surface area (Å²) in [5.74, 6) is 0.399. The van der Waals surface area contributed by atoms with Crippen molar-refractivity contribution in [2.45, 2.75) is 0 Å². The van der Waals surface area contributed by atoms with Crippen LogP contribution in [0, 0.1) is 11.3 Å². The molecule has 0 bridgehead atoms. The minimum atomic E-state index is -0.568. The molecular formula is C19H14N2O3. The fourth-order valence-corrected chi connectivity index (χ4v) is 2.53. The molecule has 0 fully saturated rings. The predicted octanol–water partition coefficient (Wildman–Crippen LogP) is 3.09. The number of aromatic nitrogens is 1. The number of aromatic hydroxyl groups is 1. The number of benzene rings is 2. The number of ether oxygens (including phenoxy) is 1. The van der Waals surface area contributed by atoms with Gasteiger partial charge in [0.25, 0.3) is 5.56 Å². The van der Waals surface area contributed by atoms with Gasteiger partial charge in [0, 0.05) is 11.6 Å². The number of hydrogen-bond acceptors (Lipinski definition) is 4. The Morgan fingerprint density at radius 2 is 1.75 bits per heavy atom. The third-order valence-corrected chi connectivity index (χ3v) is 3.72. The van der Waals surface area contributed by atoms with E-state index in [0.29, 0.717) is 22.6 Å². The maximum atomic E-state index is 12.7. The van der Waals surface area contributed by atoms with Crippen molar-refractivity contribution in [3.8, 4) is 34.5 Å². The van der Waals surface area contributed by atoms with E-state index in [9.17, 15) is 15.2 Å². The SMILES string of the molecule is COc1ccc(-n2c(O)cc(-c3ccccc3)c(C#N)c2=O)cc1. The van der Waals surface area contributed by atoms with Gasteiger partial charge >= 0.3 is 0 Å². The molecule has 118 valence electrons. The lowest BCUT2D eigenvalue weighted by atomic mass is 10.0. The van der Waals surface area contributed by atoms with E-state index in [2.05, 4.69) is 0 Å². The minimum Gasteiger partial charge on any atom is -0.497 e. The first kappa shape index (κ1) is 15.4. The van der Waals surface area contributed by atoms with Crippen molar-refractivity contribution in [1.29, 1.82) is 5.26 Å². The summed E-state index contributed by atoms with van der Waals surface area (Å²) in [6, 6.07) is 19.1. The highest BCUT2D eigenvalue weighted by molar-refractivity contribution is 5.71. The van der Waals surface area contributed by atoms with E-state index in [1.165, 1.54) is 6.07 Å². The number of nitrogens with zero attached hydrogens (tertiary/aromatic N) is 2. The highest BCUT2D eigenvalue weighted by Gasteiger charge is 2.16. The fraction of sp³-hybridized carbons (Fsp3) is 0.0526. The highest BCUT2D eigenvalue weighted by Crippen LogP contribution is 2.27. The van der Waals surface area contributed by atoms with Gasteiger partial charge in [-0.05, 0) is 29.8 Å². The van der Waals surface area contributed by atoms with Gasteiger partial charge in [0.15, 0.2) is 5.88 Å². The topological polar surface area (TPSA) is 75.2 Å². The van der Waals surface area contributed by atoms with Gasteiger partial charge < -0.3 is 9.84 Å². The fourth-order valence-electron chi connectivity index (χ4n) is 2.53. The first-order chi connectivity index (χ1) is 11.7. The van der Waals surface area contributed by atoms with Crippen molar-refractivity contribution in [2.24, 2.45) is 0 Å². The molecule has 3 aromatic rings. The molecule has 0 radical (unpaired) electrons. The van der Waals surface area contributed by atoms with Crippen molar-refractivity contribution in [1.82, 2.24) is 4.57 Å². The standard InChI is InChI=1S/C19H14N2O3/c1-24-15-9-7-14(8-10-15)21-18(22)11-16(17(12-20)19(21)23)13-5-3-2-4-6-13/h2-11,22H,1H3. The third kappa shape index (κ3) is 2.61. The van der Waals surface area contributed by atoms with Crippen molar-refractivity contribution < 1.29 is 9.84 Å². The molecule has 3 rings (SSSR count). The zero-order chi connectivity index (χ0) is 17.1. The molecule has 1 heterocycles. The van der Waals surface area contributed by atoms with Gasteiger partial charge in [0.2, 0.25) is 0 Å². The number of rotatable bonds is 3. The summed E-state index contributed by atoms with van der Waals surface area (Å²) in [5.41, 5.74) is 0.972. The van der Waals surface area contributed by atoms with Crippen LogP contribution in [0.15, 0.2) is 65.5 Å². The maximum absolute atomic E-state index is 12.7. The van der Waals surface area contributed by atoms with Gasteiger partial charge in [-0.1, -0.05) is 30.3 Å². The summed E-state index contributed by atoms with van der Waals surface area (Å²) in [4.78, 5) is 12.7. The Morgan fingerprint density at radius 1 is 1.08 bits per heavy atom. The molecule has 0 saturated heterocycles. The molecule has 0 saturated carbocycles. The summed E-state index contributed by atoms with van der Waals surface area (Å²) in [5, 5.41) is 19.8. The van der Waals surface area contributed by atoms with Crippen molar-refractivity contribution in [3.63, 3.8) is 0 Å². The average Bonchev–Trinajstić information content (AvgIpc) is 2.62. The predicted molar refractivity (Wildman–Crippen MR) is 90.4 cm³/mol. The molecule has 0 unspecified atom stereocenters. The molecule has 0 amide bonds. The molecule has 2 aromatic carbocycles. The van der Waals surface area contributed by atoms with Gasteiger partial charge in [-0.15, -0.1) is 0 Å². The van der Waals surface area contributed by atoms with E-state index in [1.807, 2.05) is 24.3 Å². The average molecular weight is 318 g/mol. The molecule has 0 aliphatic heterocycles. The lowest BCUT2D eigenvalue weighted by Crippen LogP contribution is -2.21. The van der Waals surface area contributed by atoms with E-state index >= 15 is 0 Å². The van der Waals surface area contributed by atoms with Crippen LogP contribution in [0.2, 0.25) is 0 Å². The highest BCUT2D eigenvalue weighted by atomic mass is 16.5. The van der Waals surface area contributed by atoms with Gasteiger partial charge in [-0.3, -0.25) is 4.79 Å². The van der Waals surface area contributed by atoms with E-state index in [0.717, 1.165) is 4.57 Å². The number of pyridine rings is 1. The van der Waals surface area contributed by atoms with E-state index in [4.69, 9.17) is 4.74 Å². The van der Waals surface area contributed by atoms with Crippen LogP contribution in [0.4, 0.5) is 0 Å². The second-order valence-electron chi connectivity index (χ2n) is 5.11. The molecule has 0 atom stereocenters. The first-order valence-corrected chi connectivity index (χ1v) is 7.24. The second kappa shape index (κ2) is 6.31. The smallest absolute Gasteiger partial charge is 0.276 e. The van der Waals surface area contributed by atoms with Crippen LogP contribution in [0.3, 0.4) is 0 Å². The van der Waals surface area contributed by atoms with Crippen LogP contribution in [-0.2, 0) is 0 Å². The molecular weight excluding hydrogens is 304 g/mol. The van der Waals surface area contributed by atoms with Crippen molar-refractivity contribution in [2.75, 3.05) is 7.11 Å². The third-order valence-electron chi connectivity index (χ3n) is 3.72. The number of nitriles is 1. The monoisotopic (exact) mass is 318 g/mol. The van der Waals surface area contributed by atoms with Crippen LogP contribution < -0.4 is 10.3 Å². The molecule has 1 N–H and O–H groups in total. The van der Waals surface area contributed by atoms with Crippen molar-refractivity contribution in [3.05, 3.63) is 76.6 Å². The van der Waals surface area contributed by atoms with Gasteiger partial charge in [0.05, 0.1) is 12.8 Å². The molecule has 0 aliphatic carbocycles. The minimum absolute atomic E-state index is 0.0187. The van der Waals surface area contributed by atoms with Gasteiger partial charge in [-0.25, -0.2) is 4.57 Å². The largest absolute Gasteiger partial charge is 0.497 e. The van der Waals surface area contributed by atoms with Crippen LogP contribution in [0.5, 0.6) is 11.6 Å². The maximum Gasteiger partial charge on any atom is 0.276 e. The van der Waals surface area contributed by atoms with E-state index in [-0.39, 0.29) is 11.4 Å². The Hall–Kier alpha value is -3.52. The van der Waals surface area contributed by atoms with E-state index < -0.39 is 5.56 Å². The molecule has 24 heavy (non-hydrogen) atoms. The van der Waals surface area contributed by atoms with Crippen LogP contribution in [0.25, 0.3) is 16.8 Å². The number of hydrogen-bond donors (Lipinski definition) is 1. The van der Waals surface area contributed by atoms with Crippen molar-refractivity contribution >= 4 is 0 Å². The van der Waals surface area contributed by atoms with E-state index in [1.54, 1.807) is 43.5 Å². The Morgan fingerprint density at radius 3 is 2.33 bits per heavy atom.